The van der Waals surface area contributed by atoms with Gasteiger partial charge in [-0.25, -0.2) is 14.4 Å². The van der Waals surface area contributed by atoms with Crippen LogP contribution in [0.5, 0.6) is 0 Å². The van der Waals surface area contributed by atoms with E-state index in [2.05, 4.69) is 20.8 Å². The van der Waals surface area contributed by atoms with Gasteiger partial charge in [0.15, 0.2) is 0 Å². The van der Waals surface area contributed by atoms with Crippen molar-refractivity contribution >= 4 is 35.9 Å². The van der Waals surface area contributed by atoms with Crippen molar-refractivity contribution in [1.82, 2.24) is 21.0 Å². The summed E-state index contributed by atoms with van der Waals surface area (Å²) in [7, 11) is 3.16. The van der Waals surface area contributed by atoms with Crippen LogP contribution in [-0.2, 0) is 52.4 Å². The Bertz CT molecular complexity index is 1180. The summed E-state index contributed by atoms with van der Waals surface area (Å²) in [5.74, 6) is -1.62. The zero-order valence-corrected chi connectivity index (χ0v) is 34.9. The molecule has 0 unspecified atom stereocenters. The predicted octanol–water partition coefficient (Wildman–Crippen LogP) is 3.42. The van der Waals surface area contributed by atoms with Crippen molar-refractivity contribution < 1.29 is 62.0 Å². The van der Waals surface area contributed by atoms with Gasteiger partial charge in [-0.1, -0.05) is 0 Å². The van der Waals surface area contributed by atoms with Crippen molar-refractivity contribution in [2.75, 3.05) is 53.9 Å². The van der Waals surface area contributed by atoms with Crippen LogP contribution < -0.4 is 21.7 Å². The van der Waals surface area contributed by atoms with Crippen LogP contribution in [0.3, 0.4) is 0 Å². The Hall–Kier alpha value is -3.58. The number of hydrogen-bond acceptors (Lipinski definition) is 14. The second kappa shape index (κ2) is 27.1. The minimum absolute atomic E-state index is 0.0102. The number of hydroxylamine groups is 2. The summed E-state index contributed by atoms with van der Waals surface area (Å²) in [6.45, 7) is 13.6. The van der Waals surface area contributed by atoms with E-state index in [9.17, 15) is 28.8 Å². The minimum atomic E-state index is -0.661. The third kappa shape index (κ3) is 25.6. The largest absolute Gasteiger partial charge is 0.444 e. The molecule has 0 aromatic rings. The predicted molar refractivity (Wildman–Crippen MR) is 205 cm³/mol. The zero-order valence-electron chi connectivity index (χ0n) is 34.9. The molecule has 0 aromatic heterocycles. The average Bonchev–Trinajstić information content (AvgIpc) is 3.41. The van der Waals surface area contributed by atoms with E-state index in [1.165, 1.54) is 0 Å². The van der Waals surface area contributed by atoms with Crippen LogP contribution in [0.4, 0.5) is 9.59 Å². The van der Waals surface area contributed by atoms with E-state index in [4.69, 9.17) is 34.2 Å². The first-order chi connectivity index (χ1) is 26.3. The Labute approximate surface area is 332 Å². The van der Waals surface area contributed by atoms with E-state index in [1.54, 1.807) is 14.2 Å². The Kier molecular flexibility index (Phi) is 24.4. The molecule has 3 fully saturated rings. The van der Waals surface area contributed by atoms with E-state index in [0.717, 1.165) is 51.4 Å². The van der Waals surface area contributed by atoms with Crippen LogP contribution in [0, 0.1) is 0 Å². The molecule has 324 valence electrons. The monoisotopic (exact) mass is 803 g/mol. The van der Waals surface area contributed by atoms with Gasteiger partial charge in [-0.2, -0.15) is 0 Å². The number of hydrogen-bond donors (Lipinski definition) is 4. The Morgan fingerprint density at radius 1 is 0.607 bits per heavy atom. The number of imide groups is 1. The molecule has 5 N–H and O–H groups in total. The summed E-state index contributed by atoms with van der Waals surface area (Å²) < 4.78 is 30.4. The first-order valence-corrected chi connectivity index (χ1v) is 19.6. The van der Waals surface area contributed by atoms with Crippen molar-refractivity contribution in [3.63, 3.8) is 0 Å². The van der Waals surface area contributed by atoms with Crippen molar-refractivity contribution in [2.45, 2.75) is 154 Å². The van der Waals surface area contributed by atoms with E-state index < -0.39 is 29.0 Å². The molecule has 18 heteroatoms. The molecular weight excluding hydrogens is 734 g/mol. The highest BCUT2D eigenvalue weighted by atomic mass is 16.7. The van der Waals surface area contributed by atoms with E-state index >= 15 is 0 Å². The molecule has 18 nitrogen and oxygen atoms in total. The van der Waals surface area contributed by atoms with Gasteiger partial charge in [-0.3, -0.25) is 14.4 Å². The second-order valence-corrected chi connectivity index (χ2v) is 15.8. The Morgan fingerprint density at radius 3 is 1.41 bits per heavy atom. The van der Waals surface area contributed by atoms with Crippen LogP contribution in [0.2, 0.25) is 0 Å². The summed E-state index contributed by atoms with van der Waals surface area (Å²) in [5.41, 5.74) is 4.88. The number of rotatable bonds is 16. The van der Waals surface area contributed by atoms with E-state index in [1.807, 2.05) is 41.5 Å². The van der Waals surface area contributed by atoms with Gasteiger partial charge in [-0.15, -0.1) is 5.06 Å². The summed E-state index contributed by atoms with van der Waals surface area (Å²) in [6, 6.07) is 0.833. The summed E-state index contributed by atoms with van der Waals surface area (Å²) in [6.07, 6.45) is 7.14. The number of carbonyl (C=O) groups is 6. The molecule has 0 atom stereocenters. The Morgan fingerprint density at radius 2 is 1.00 bits per heavy atom. The lowest BCUT2D eigenvalue weighted by Crippen LogP contribution is -2.45. The molecule has 0 aromatic carbocycles. The molecule has 0 bridgehead atoms. The lowest BCUT2D eigenvalue weighted by atomic mass is 9.91. The summed E-state index contributed by atoms with van der Waals surface area (Å²) >= 11 is 0. The van der Waals surface area contributed by atoms with Crippen molar-refractivity contribution in [3.8, 4) is 0 Å². The zero-order chi connectivity index (χ0) is 42.1. The standard InChI is InChI=1S/C17H32N2O5.C11H22N2O2.C10H15NO6/c1-17(2,3)24-16(21)19-14-7-5-13(6-8-14)18-15(20)9-10-23-12-11-22-4;1-11(2,3)15-10(14)13-9-6-4-8(12)5-7-9;1-15-6-7-16-5-4-10(14)17-11-8(12)2-3-9(11)13/h13-14H,5-12H2,1-4H3,(H,18,20)(H,19,21);8-9H,4-7,12H2,1-3H3,(H,13,14);2-7H2,1H3. The van der Waals surface area contributed by atoms with Crippen molar-refractivity contribution in [1.29, 1.82) is 0 Å². The van der Waals surface area contributed by atoms with E-state index in [-0.39, 0.29) is 62.1 Å². The minimum Gasteiger partial charge on any atom is -0.444 e. The molecular formula is C38H69N5O13. The highest BCUT2D eigenvalue weighted by molar-refractivity contribution is 6.01. The number of alkyl carbamates (subject to hydrolysis) is 2. The molecule has 0 spiro atoms. The molecule has 1 aliphatic heterocycles. The molecule has 2 saturated carbocycles. The number of nitrogens with one attached hydrogen (secondary N) is 3. The van der Waals surface area contributed by atoms with Crippen LogP contribution in [0.15, 0.2) is 0 Å². The highest BCUT2D eigenvalue weighted by Gasteiger charge is 2.32. The van der Waals surface area contributed by atoms with Gasteiger partial charge in [0, 0.05) is 57.6 Å². The number of methoxy groups -OCH3 is 2. The van der Waals surface area contributed by atoms with Crippen molar-refractivity contribution in [2.24, 2.45) is 5.73 Å². The van der Waals surface area contributed by atoms with Gasteiger partial charge >= 0.3 is 18.2 Å². The molecule has 3 rings (SSSR count). The third-order valence-electron chi connectivity index (χ3n) is 8.29. The smallest absolute Gasteiger partial charge is 0.407 e. The second-order valence-electron chi connectivity index (χ2n) is 15.8. The third-order valence-corrected chi connectivity index (χ3v) is 8.29. The SMILES string of the molecule is CC(C)(C)OC(=O)NC1CCC(N)CC1.COCCOCCC(=O)NC1CCC(NC(=O)OC(C)(C)C)CC1.COCCOCCC(=O)ON1C(=O)CCC1=O. The maximum absolute atomic E-state index is 11.8. The summed E-state index contributed by atoms with van der Waals surface area (Å²) in [5, 5.41) is 9.33. The van der Waals surface area contributed by atoms with Gasteiger partial charge in [0.2, 0.25) is 5.91 Å². The molecule has 56 heavy (non-hydrogen) atoms. The number of ether oxygens (including phenoxy) is 6. The quantitative estimate of drug-likeness (QED) is 0.129. The molecule has 0 radical (unpaired) electrons. The molecule has 1 heterocycles. The maximum atomic E-state index is 11.8. The first-order valence-electron chi connectivity index (χ1n) is 19.6. The van der Waals surface area contributed by atoms with Gasteiger partial charge in [0.25, 0.3) is 11.8 Å². The fourth-order valence-corrected chi connectivity index (χ4v) is 5.51. The molecule has 2 aliphatic carbocycles. The topological polar surface area (TPSA) is 232 Å². The van der Waals surface area contributed by atoms with E-state index in [0.29, 0.717) is 50.6 Å². The summed E-state index contributed by atoms with van der Waals surface area (Å²) in [4.78, 5) is 73.1. The fourth-order valence-electron chi connectivity index (χ4n) is 5.51. The van der Waals surface area contributed by atoms with Crippen LogP contribution >= 0.6 is 0 Å². The first kappa shape index (κ1) is 50.4. The molecule has 3 aliphatic rings. The maximum Gasteiger partial charge on any atom is 0.407 e. The van der Waals surface area contributed by atoms with Gasteiger partial charge in [0.05, 0.1) is 46.1 Å². The highest BCUT2D eigenvalue weighted by Crippen LogP contribution is 2.20. The fraction of sp³-hybridized carbons (Fsp3) is 0.842. The van der Waals surface area contributed by atoms with Gasteiger partial charge in [-0.05, 0) is 92.9 Å². The number of amides is 5. The van der Waals surface area contributed by atoms with Crippen molar-refractivity contribution in [3.05, 3.63) is 0 Å². The van der Waals surface area contributed by atoms with Gasteiger partial charge < -0.3 is 54.9 Å². The number of nitrogens with zero attached hydrogens (tertiary/aromatic N) is 1. The van der Waals surface area contributed by atoms with Crippen LogP contribution in [0.25, 0.3) is 0 Å². The lowest BCUT2D eigenvalue weighted by molar-refractivity contribution is -0.198. The molecule has 1 saturated heterocycles. The number of carbonyl (C=O) groups excluding carboxylic acids is 6. The normalized spacial score (nSPS) is 21.1. The lowest BCUT2D eigenvalue weighted by Gasteiger charge is -2.30. The Balaban J connectivity index is 0.000000434. The number of nitrogens with two attached hydrogens (primary N) is 1. The van der Waals surface area contributed by atoms with Gasteiger partial charge in [0.1, 0.15) is 11.2 Å². The van der Waals surface area contributed by atoms with Crippen LogP contribution in [-0.4, -0.2) is 130 Å². The molecule has 5 amide bonds. The van der Waals surface area contributed by atoms with Crippen LogP contribution in [0.1, 0.15) is 119 Å². The average molecular weight is 804 g/mol.